The minimum Gasteiger partial charge on any atom is -0.464 e. The molecule has 0 aliphatic carbocycles. The van der Waals surface area contributed by atoms with Crippen molar-refractivity contribution in [3.63, 3.8) is 0 Å². The predicted molar refractivity (Wildman–Crippen MR) is 209 cm³/mol. The van der Waals surface area contributed by atoms with Crippen LogP contribution in [-0.4, -0.2) is 144 Å². The number of unbranched alkanes of at least 4 members (excludes halogenated alkanes) is 3. The Morgan fingerprint density at radius 2 is 1.25 bits per heavy atom. The molecule has 3 N–H and O–H groups in total. The summed E-state index contributed by atoms with van der Waals surface area (Å²) >= 11 is 0. The topological polar surface area (TPSA) is 177 Å². The number of aromatic nitrogens is 2. The summed E-state index contributed by atoms with van der Waals surface area (Å²) in [6.07, 6.45) is 3.97. The van der Waals surface area contributed by atoms with Crippen molar-refractivity contribution >= 4 is 17.8 Å². The van der Waals surface area contributed by atoms with Crippen molar-refractivity contribution in [1.82, 2.24) is 25.1 Å². The van der Waals surface area contributed by atoms with E-state index in [0.29, 0.717) is 110 Å². The van der Waals surface area contributed by atoms with E-state index < -0.39 is 18.0 Å². The van der Waals surface area contributed by atoms with Crippen LogP contribution >= 0.6 is 0 Å². The fourth-order valence-electron chi connectivity index (χ4n) is 6.18. The van der Waals surface area contributed by atoms with Gasteiger partial charge >= 0.3 is 11.9 Å². The van der Waals surface area contributed by atoms with Gasteiger partial charge < -0.3 is 39.5 Å². The Labute approximate surface area is 330 Å². The first-order valence-corrected chi connectivity index (χ1v) is 19.4. The van der Waals surface area contributed by atoms with Crippen LogP contribution in [-0.2, 0) is 35.0 Å². The molecule has 1 amide bonds. The molecule has 0 bridgehead atoms. The predicted octanol–water partition coefficient (Wildman–Crippen LogP) is 3.27. The highest BCUT2D eigenvalue weighted by molar-refractivity contribution is 5.94. The maximum atomic E-state index is 12.9. The van der Waals surface area contributed by atoms with Crippen LogP contribution in [0.5, 0.6) is 0 Å². The highest BCUT2D eigenvalue weighted by Crippen LogP contribution is 2.28. The fourth-order valence-corrected chi connectivity index (χ4v) is 6.18. The third-order valence-electron chi connectivity index (χ3n) is 9.20. The minimum absolute atomic E-state index is 0.129. The van der Waals surface area contributed by atoms with Crippen LogP contribution in [0.25, 0.3) is 0 Å². The van der Waals surface area contributed by atoms with Crippen molar-refractivity contribution in [2.24, 2.45) is 5.73 Å². The van der Waals surface area contributed by atoms with Gasteiger partial charge in [0.15, 0.2) is 0 Å². The van der Waals surface area contributed by atoms with Crippen molar-refractivity contribution in [3.05, 3.63) is 94.6 Å². The molecule has 306 valence electrons. The maximum absolute atomic E-state index is 12.9. The summed E-state index contributed by atoms with van der Waals surface area (Å²) in [4.78, 5) is 51.0. The smallest absolute Gasteiger partial charge is 0.356 e. The Hall–Kier alpha value is -4.35. The Balaban J connectivity index is 1.42. The number of nitrogens with zero attached hydrogens (tertiary/aromatic N) is 4. The molecule has 0 spiro atoms. The number of hydrogen-bond acceptors (Lipinski definition) is 14. The van der Waals surface area contributed by atoms with Gasteiger partial charge in [-0.2, -0.15) is 0 Å². The van der Waals surface area contributed by atoms with Gasteiger partial charge in [0.1, 0.15) is 11.4 Å². The molecule has 2 aromatic heterocycles. The van der Waals surface area contributed by atoms with E-state index in [0.717, 1.165) is 36.9 Å². The fraction of sp³-hybridized carbons (Fsp3) is 0.537. The Kier molecular flexibility index (Phi) is 20.4. The van der Waals surface area contributed by atoms with E-state index in [1.807, 2.05) is 36.4 Å². The van der Waals surface area contributed by atoms with Gasteiger partial charge in [0.25, 0.3) is 5.91 Å². The lowest BCUT2D eigenvalue weighted by molar-refractivity contribution is 0.00330. The van der Waals surface area contributed by atoms with Crippen molar-refractivity contribution in [2.45, 2.75) is 38.3 Å². The number of nitrogens with one attached hydrogen (secondary N) is 1. The van der Waals surface area contributed by atoms with E-state index in [2.05, 4.69) is 20.1 Å². The second-order valence-electron chi connectivity index (χ2n) is 13.2. The molecular formula is C41H58N6O9. The molecule has 1 aromatic carbocycles. The first kappa shape index (κ1) is 44.4. The zero-order valence-corrected chi connectivity index (χ0v) is 32.8. The summed E-state index contributed by atoms with van der Waals surface area (Å²) in [5.41, 5.74) is 8.90. The van der Waals surface area contributed by atoms with Crippen LogP contribution < -0.4 is 11.1 Å². The second-order valence-corrected chi connectivity index (χ2v) is 13.2. The molecular weight excluding hydrogens is 720 g/mol. The number of rotatable bonds is 14. The molecule has 1 saturated heterocycles. The van der Waals surface area contributed by atoms with Crippen LogP contribution in [0.4, 0.5) is 0 Å². The van der Waals surface area contributed by atoms with E-state index in [9.17, 15) is 14.4 Å². The van der Waals surface area contributed by atoms with Crippen LogP contribution in [0, 0.1) is 0 Å². The van der Waals surface area contributed by atoms with Crippen LogP contribution in [0.2, 0.25) is 0 Å². The lowest BCUT2D eigenvalue weighted by atomic mass is 9.99. The standard InChI is InChI=1S/C41H58N6O9/c1-51-40(49)36-11-7-9-34(44-36)31-46-19-23-53-27-29-55-25-21-47(22-26-56-30-28-54-24-20-46)38(35-10-8-12-37(45-35)41(50)52-2)32-13-15-33(16-14-32)39(48)43-18-6-4-3-5-17-42/h7-16,38H,3-6,17-31,42H2,1-2H3,(H,43,48). The van der Waals surface area contributed by atoms with Crippen molar-refractivity contribution < 1.29 is 42.8 Å². The summed E-state index contributed by atoms with van der Waals surface area (Å²) in [6, 6.07) is 17.7. The zero-order valence-electron chi connectivity index (χ0n) is 32.8. The average molecular weight is 779 g/mol. The summed E-state index contributed by atoms with van der Waals surface area (Å²) < 4.78 is 33.8. The Morgan fingerprint density at radius 1 is 0.696 bits per heavy atom. The van der Waals surface area contributed by atoms with E-state index in [-0.39, 0.29) is 17.3 Å². The normalized spacial score (nSPS) is 16.6. The van der Waals surface area contributed by atoms with Gasteiger partial charge in [0.2, 0.25) is 0 Å². The number of benzene rings is 1. The quantitative estimate of drug-likeness (QED) is 0.180. The van der Waals surface area contributed by atoms with Crippen molar-refractivity contribution in [2.75, 3.05) is 106 Å². The monoisotopic (exact) mass is 778 g/mol. The number of nitrogens with two attached hydrogens (primary N) is 1. The summed E-state index contributed by atoms with van der Waals surface area (Å²) in [7, 11) is 2.67. The molecule has 1 atom stereocenters. The molecule has 0 saturated carbocycles. The van der Waals surface area contributed by atoms with E-state index in [1.165, 1.54) is 14.2 Å². The molecule has 1 aliphatic heterocycles. The third kappa shape index (κ3) is 15.3. The first-order chi connectivity index (χ1) is 27.4. The zero-order chi connectivity index (χ0) is 39.8. The van der Waals surface area contributed by atoms with E-state index in [1.54, 1.807) is 24.3 Å². The maximum Gasteiger partial charge on any atom is 0.356 e. The van der Waals surface area contributed by atoms with Gasteiger partial charge in [-0.1, -0.05) is 37.1 Å². The number of pyridine rings is 2. The third-order valence-corrected chi connectivity index (χ3v) is 9.20. The first-order valence-electron chi connectivity index (χ1n) is 19.4. The van der Waals surface area contributed by atoms with Gasteiger partial charge in [-0.15, -0.1) is 0 Å². The SMILES string of the molecule is COC(=O)c1cccc(CN2CCOCCOCCN(C(c3ccc(C(=O)NCCCCCCN)cc3)c3cccc(C(=O)OC)n3)CCOCCOCC2)n1. The average Bonchev–Trinajstić information content (AvgIpc) is 3.23. The number of esters is 2. The van der Waals surface area contributed by atoms with E-state index >= 15 is 0 Å². The van der Waals surface area contributed by atoms with Crippen LogP contribution in [0.3, 0.4) is 0 Å². The number of carbonyl (C=O) groups excluding carboxylic acids is 3. The Bertz CT molecular complexity index is 1590. The number of amides is 1. The molecule has 56 heavy (non-hydrogen) atoms. The highest BCUT2D eigenvalue weighted by atomic mass is 16.5. The van der Waals surface area contributed by atoms with Crippen molar-refractivity contribution in [1.29, 1.82) is 0 Å². The molecule has 3 aromatic rings. The molecule has 1 aliphatic rings. The van der Waals surface area contributed by atoms with Crippen molar-refractivity contribution in [3.8, 4) is 0 Å². The molecule has 1 unspecified atom stereocenters. The highest BCUT2D eigenvalue weighted by Gasteiger charge is 2.25. The van der Waals surface area contributed by atoms with Gasteiger partial charge in [0, 0.05) is 44.8 Å². The molecule has 15 heteroatoms. The lowest BCUT2D eigenvalue weighted by Crippen LogP contribution is -2.36. The van der Waals surface area contributed by atoms with Crippen LogP contribution in [0.1, 0.15) is 80.0 Å². The van der Waals surface area contributed by atoms with E-state index in [4.69, 9.17) is 39.1 Å². The molecule has 3 heterocycles. The number of carbonyl (C=O) groups is 3. The number of methoxy groups -OCH3 is 2. The Morgan fingerprint density at radius 3 is 1.84 bits per heavy atom. The van der Waals surface area contributed by atoms with Crippen LogP contribution in [0.15, 0.2) is 60.7 Å². The molecule has 15 nitrogen and oxygen atoms in total. The van der Waals surface area contributed by atoms with Gasteiger partial charge in [-0.3, -0.25) is 14.6 Å². The lowest BCUT2D eigenvalue weighted by Gasteiger charge is -2.32. The largest absolute Gasteiger partial charge is 0.464 e. The molecule has 1 fully saturated rings. The summed E-state index contributed by atoms with van der Waals surface area (Å²) in [5.74, 6) is -1.13. The van der Waals surface area contributed by atoms with Gasteiger partial charge in [0.05, 0.1) is 84.5 Å². The number of ether oxygens (including phenoxy) is 6. The second kappa shape index (κ2) is 25.7. The number of hydrogen-bond donors (Lipinski definition) is 2. The minimum atomic E-state index is -0.528. The van der Waals surface area contributed by atoms with Gasteiger partial charge in [-0.25, -0.2) is 19.6 Å². The molecule has 0 radical (unpaired) electrons. The summed E-state index contributed by atoms with van der Waals surface area (Å²) in [5, 5.41) is 3.01. The molecule has 4 rings (SSSR count). The summed E-state index contributed by atoms with van der Waals surface area (Å²) in [6.45, 7) is 7.48. The van der Waals surface area contributed by atoms with Gasteiger partial charge in [-0.05, 0) is 61.3 Å².